The highest BCUT2D eigenvalue weighted by Crippen LogP contribution is 2.18. The Kier molecular flexibility index (Phi) is 3.12. The Labute approximate surface area is 131 Å². The normalized spacial score (nSPS) is 15.4. The maximum Gasteiger partial charge on any atom is 0.258 e. The molecule has 114 valence electrons. The number of hydrogen-bond acceptors (Lipinski definition) is 5. The van der Waals surface area contributed by atoms with Gasteiger partial charge in [0.15, 0.2) is 4.96 Å². The Morgan fingerprint density at radius 1 is 1.27 bits per heavy atom. The Morgan fingerprint density at radius 3 is 3.00 bits per heavy atom. The third-order valence-corrected chi connectivity index (χ3v) is 5.04. The highest BCUT2D eigenvalue weighted by atomic mass is 32.1. The van der Waals surface area contributed by atoms with Crippen molar-refractivity contribution in [1.82, 2.24) is 23.8 Å². The third-order valence-electron chi connectivity index (χ3n) is 4.28. The van der Waals surface area contributed by atoms with Crippen molar-refractivity contribution in [3.05, 3.63) is 50.9 Å². The van der Waals surface area contributed by atoms with E-state index in [0.29, 0.717) is 6.54 Å². The molecule has 0 atom stereocenters. The van der Waals surface area contributed by atoms with Crippen molar-refractivity contribution in [3.8, 4) is 0 Å². The van der Waals surface area contributed by atoms with E-state index in [0.717, 1.165) is 41.8 Å². The average Bonchev–Trinajstić information content (AvgIpc) is 3.05. The van der Waals surface area contributed by atoms with Crippen molar-refractivity contribution in [1.29, 1.82) is 0 Å². The highest BCUT2D eigenvalue weighted by molar-refractivity contribution is 7.15. The number of rotatable bonds is 2. The predicted molar refractivity (Wildman–Crippen MR) is 85.2 cm³/mol. The summed E-state index contributed by atoms with van der Waals surface area (Å²) in [5.41, 5.74) is 3.19. The topological polar surface area (TPSA) is 55.4 Å². The van der Waals surface area contributed by atoms with Gasteiger partial charge in [0.25, 0.3) is 5.56 Å². The predicted octanol–water partition coefficient (Wildman–Crippen LogP) is 1.59. The number of nitrogens with zero attached hydrogens (tertiary/aromatic N) is 5. The zero-order valence-corrected chi connectivity index (χ0v) is 13.4. The molecule has 1 aliphatic heterocycles. The summed E-state index contributed by atoms with van der Waals surface area (Å²) >= 11 is 1.49. The Hall–Kier alpha value is -1.99. The maximum absolute atomic E-state index is 12.0. The minimum atomic E-state index is -0.00792. The molecule has 0 bridgehead atoms. The summed E-state index contributed by atoms with van der Waals surface area (Å²) in [5.74, 6) is 1.11. The van der Waals surface area contributed by atoms with E-state index in [9.17, 15) is 4.79 Å². The molecule has 0 radical (unpaired) electrons. The molecule has 0 unspecified atom stereocenters. The molecule has 22 heavy (non-hydrogen) atoms. The number of thiazole rings is 1. The van der Waals surface area contributed by atoms with Crippen LogP contribution in [0.5, 0.6) is 0 Å². The molecule has 4 heterocycles. The first-order valence-electron chi connectivity index (χ1n) is 7.32. The molecule has 4 rings (SSSR count). The fraction of sp³-hybridized carbons (Fsp3) is 0.400. The molecule has 7 heteroatoms. The molecule has 3 aromatic rings. The van der Waals surface area contributed by atoms with E-state index in [-0.39, 0.29) is 5.56 Å². The summed E-state index contributed by atoms with van der Waals surface area (Å²) in [4.78, 5) is 24.3. The first-order valence-corrected chi connectivity index (χ1v) is 8.20. The van der Waals surface area contributed by atoms with Crippen LogP contribution in [0, 0.1) is 13.8 Å². The molecule has 0 aromatic carbocycles. The fourth-order valence-corrected chi connectivity index (χ4v) is 3.73. The van der Waals surface area contributed by atoms with E-state index in [4.69, 9.17) is 0 Å². The second kappa shape index (κ2) is 5.03. The quantitative estimate of drug-likeness (QED) is 0.720. The monoisotopic (exact) mass is 315 g/mol. The molecular weight excluding hydrogens is 298 g/mol. The van der Waals surface area contributed by atoms with Crippen molar-refractivity contribution in [2.75, 3.05) is 6.54 Å². The van der Waals surface area contributed by atoms with Gasteiger partial charge in [-0.2, -0.15) is 0 Å². The molecule has 3 aromatic heterocycles. The zero-order valence-electron chi connectivity index (χ0n) is 12.6. The minimum Gasteiger partial charge on any atom is -0.330 e. The zero-order chi connectivity index (χ0) is 15.3. The number of hydrogen-bond donors (Lipinski definition) is 0. The van der Waals surface area contributed by atoms with Crippen LogP contribution in [0.1, 0.15) is 22.9 Å². The molecule has 0 spiro atoms. The first-order chi connectivity index (χ1) is 10.6. The SMILES string of the molecule is Cc1nc2n(c1C)CCN(Cc1cc(=O)n3ccsc3n1)C2. The second-order valence-electron chi connectivity index (χ2n) is 5.70. The van der Waals surface area contributed by atoms with Gasteiger partial charge in [-0.3, -0.25) is 14.1 Å². The number of aromatic nitrogens is 4. The number of fused-ring (bicyclic) bond motifs is 2. The Balaban J connectivity index is 1.59. The first kappa shape index (κ1) is 13.7. The molecule has 0 N–H and O–H groups in total. The van der Waals surface area contributed by atoms with Crippen molar-refractivity contribution in [3.63, 3.8) is 0 Å². The van der Waals surface area contributed by atoms with Gasteiger partial charge < -0.3 is 4.57 Å². The van der Waals surface area contributed by atoms with Gasteiger partial charge in [-0.05, 0) is 13.8 Å². The van der Waals surface area contributed by atoms with Crippen LogP contribution in [0.4, 0.5) is 0 Å². The number of aryl methyl sites for hydroxylation is 1. The van der Waals surface area contributed by atoms with Crippen LogP contribution in [0.15, 0.2) is 22.4 Å². The summed E-state index contributed by atoms with van der Waals surface area (Å²) in [6.45, 7) is 7.57. The summed E-state index contributed by atoms with van der Waals surface area (Å²) in [7, 11) is 0. The molecule has 1 aliphatic rings. The Bertz CT molecular complexity index is 906. The minimum absolute atomic E-state index is 0.00792. The maximum atomic E-state index is 12.0. The standard InChI is InChI=1S/C15H17N5OS/c1-10-11(2)19-4-3-18(9-13(19)16-10)8-12-7-14(21)20-5-6-22-15(20)17-12/h5-7H,3-4,8-9H2,1-2H3. The van der Waals surface area contributed by atoms with Crippen LogP contribution in [-0.4, -0.2) is 30.4 Å². The van der Waals surface area contributed by atoms with E-state index in [2.05, 4.69) is 33.3 Å². The van der Waals surface area contributed by atoms with Crippen LogP contribution in [0.2, 0.25) is 0 Å². The third kappa shape index (κ3) is 2.17. The molecule has 0 aliphatic carbocycles. The van der Waals surface area contributed by atoms with Crippen LogP contribution in [0.25, 0.3) is 4.96 Å². The van der Waals surface area contributed by atoms with Crippen molar-refractivity contribution >= 4 is 16.3 Å². The molecule has 0 saturated heterocycles. The fourth-order valence-electron chi connectivity index (χ4n) is 2.99. The van der Waals surface area contributed by atoms with Crippen molar-refractivity contribution < 1.29 is 0 Å². The van der Waals surface area contributed by atoms with Gasteiger partial charge in [0.2, 0.25) is 0 Å². The van der Waals surface area contributed by atoms with Gasteiger partial charge >= 0.3 is 0 Å². The number of imidazole rings is 1. The van der Waals surface area contributed by atoms with E-state index in [1.807, 2.05) is 5.38 Å². The van der Waals surface area contributed by atoms with Crippen LogP contribution >= 0.6 is 11.3 Å². The van der Waals surface area contributed by atoms with Crippen LogP contribution in [-0.2, 0) is 19.6 Å². The molecule has 0 saturated carbocycles. The van der Waals surface area contributed by atoms with E-state index in [1.165, 1.54) is 17.0 Å². The van der Waals surface area contributed by atoms with E-state index < -0.39 is 0 Å². The lowest BCUT2D eigenvalue weighted by molar-refractivity contribution is 0.205. The van der Waals surface area contributed by atoms with Gasteiger partial charge in [-0.15, -0.1) is 11.3 Å². The lowest BCUT2D eigenvalue weighted by Gasteiger charge is -2.27. The molecule has 0 fully saturated rings. The lowest BCUT2D eigenvalue weighted by Crippen LogP contribution is -2.34. The lowest BCUT2D eigenvalue weighted by atomic mass is 10.3. The summed E-state index contributed by atoms with van der Waals surface area (Å²) in [6.07, 6.45) is 1.77. The summed E-state index contributed by atoms with van der Waals surface area (Å²) in [5, 5.41) is 1.89. The van der Waals surface area contributed by atoms with E-state index in [1.54, 1.807) is 16.7 Å². The molecule has 6 nitrogen and oxygen atoms in total. The summed E-state index contributed by atoms with van der Waals surface area (Å²) in [6, 6.07) is 1.64. The highest BCUT2D eigenvalue weighted by Gasteiger charge is 2.20. The average molecular weight is 315 g/mol. The van der Waals surface area contributed by atoms with Crippen LogP contribution in [0.3, 0.4) is 0 Å². The molecule has 0 amide bonds. The largest absolute Gasteiger partial charge is 0.330 e. The second-order valence-corrected chi connectivity index (χ2v) is 6.58. The van der Waals surface area contributed by atoms with Crippen molar-refractivity contribution in [2.24, 2.45) is 0 Å². The van der Waals surface area contributed by atoms with Crippen molar-refractivity contribution in [2.45, 2.75) is 33.5 Å². The van der Waals surface area contributed by atoms with Gasteiger partial charge in [0.1, 0.15) is 5.82 Å². The smallest absolute Gasteiger partial charge is 0.258 e. The van der Waals surface area contributed by atoms with Gasteiger partial charge in [-0.25, -0.2) is 9.97 Å². The van der Waals surface area contributed by atoms with Crippen LogP contribution < -0.4 is 5.56 Å². The van der Waals surface area contributed by atoms with Gasteiger partial charge in [0, 0.05) is 43.0 Å². The Morgan fingerprint density at radius 2 is 2.14 bits per heavy atom. The van der Waals surface area contributed by atoms with E-state index >= 15 is 0 Å². The van der Waals surface area contributed by atoms with Gasteiger partial charge in [-0.1, -0.05) is 0 Å². The summed E-state index contributed by atoms with van der Waals surface area (Å²) < 4.78 is 3.88. The molecular formula is C15H17N5OS. The van der Waals surface area contributed by atoms with Gasteiger partial charge in [0.05, 0.1) is 17.9 Å².